The molecule has 1 unspecified atom stereocenters. The van der Waals surface area contributed by atoms with Gasteiger partial charge in [-0.05, 0) is 29.1 Å². The van der Waals surface area contributed by atoms with E-state index in [0.29, 0.717) is 17.3 Å². The number of hydrogen-bond acceptors (Lipinski definition) is 4. The standard InChI is InChI=1S/C14H15ClN2O2S/c1-19-12-5-4-9(7-11(12)15)13(14(16)18)17-8-10-3-2-6-20-10/h2-7,13,17H,8H2,1H3,(H2,16,18). The number of carbonyl (C=O) groups is 1. The van der Waals surface area contributed by atoms with Crippen LogP contribution in [0.2, 0.25) is 5.02 Å². The Bertz CT molecular complexity index is 587. The summed E-state index contributed by atoms with van der Waals surface area (Å²) < 4.78 is 5.09. The molecule has 0 aliphatic rings. The van der Waals surface area contributed by atoms with Gasteiger partial charge in [-0.2, -0.15) is 0 Å². The average molecular weight is 311 g/mol. The van der Waals surface area contributed by atoms with Gasteiger partial charge < -0.3 is 10.5 Å². The molecule has 0 aliphatic carbocycles. The van der Waals surface area contributed by atoms with Crippen molar-refractivity contribution in [2.45, 2.75) is 12.6 Å². The lowest BCUT2D eigenvalue weighted by Crippen LogP contribution is -2.33. The van der Waals surface area contributed by atoms with Crippen molar-refractivity contribution in [1.29, 1.82) is 0 Å². The summed E-state index contributed by atoms with van der Waals surface area (Å²) in [6, 6.07) is 8.57. The highest BCUT2D eigenvalue weighted by molar-refractivity contribution is 7.09. The molecule has 1 atom stereocenters. The first kappa shape index (κ1) is 14.8. The topological polar surface area (TPSA) is 64.3 Å². The van der Waals surface area contributed by atoms with Crippen molar-refractivity contribution in [1.82, 2.24) is 5.32 Å². The fraction of sp³-hybridized carbons (Fsp3) is 0.214. The van der Waals surface area contributed by atoms with Crippen LogP contribution in [0.4, 0.5) is 0 Å². The van der Waals surface area contributed by atoms with E-state index in [0.717, 1.165) is 10.4 Å². The van der Waals surface area contributed by atoms with Gasteiger partial charge in [0.05, 0.1) is 12.1 Å². The van der Waals surface area contributed by atoms with Gasteiger partial charge in [0.2, 0.25) is 5.91 Å². The zero-order valence-electron chi connectivity index (χ0n) is 10.9. The summed E-state index contributed by atoms with van der Waals surface area (Å²) in [5.74, 6) is 0.125. The predicted molar refractivity (Wildman–Crippen MR) is 81.1 cm³/mol. The van der Waals surface area contributed by atoms with Crippen LogP contribution in [-0.4, -0.2) is 13.0 Å². The normalized spacial score (nSPS) is 12.1. The Kier molecular flexibility index (Phi) is 5.00. The van der Waals surface area contributed by atoms with Crippen LogP contribution in [0.15, 0.2) is 35.7 Å². The maximum absolute atomic E-state index is 11.6. The minimum atomic E-state index is -0.583. The number of methoxy groups -OCH3 is 1. The van der Waals surface area contributed by atoms with Gasteiger partial charge in [-0.25, -0.2) is 0 Å². The molecule has 2 aromatic rings. The van der Waals surface area contributed by atoms with Gasteiger partial charge in [-0.15, -0.1) is 11.3 Å². The molecule has 0 saturated carbocycles. The molecule has 1 heterocycles. The second-order valence-corrected chi connectivity index (χ2v) is 5.63. The van der Waals surface area contributed by atoms with Crippen LogP contribution in [0.3, 0.4) is 0 Å². The monoisotopic (exact) mass is 310 g/mol. The third-order valence-corrected chi connectivity index (χ3v) is 4.03. The second kappa shape index (κ2) is 6.74. The molecule has 0 fully saturated rings. The first-order chi connectivity index (χ1) is 9.61. The van der Waals surface area contributed by atoms with Crippen molar-refractivity contribution in [2.75, 3.05) is 7.11 Å². The fourth-order valence-electron chi connectivity index (χ4n) is 1.86. The summed E-state index contributed by atoms with van der Waals surface area (Å²) in [7, 11) is 1.54. The van der Waals surface area contributed by atoms with Crippen LogP contribution in [-0.2, 0) is 11.3 Å². The third kappa shape index (κ3) is 3.50. The largest absolute Gasteiger partial charge is 0.495 e. The van der Waals surface area contributed by atoms with E-state index in [1.54, 1.807) is 36.6 Å². The zero-order chi connectivity index (χ0) is 14.5. The Morgan fingerprint density at radius 3 is 2.85 bits per heavy atom. The van der Waals surface area contributed by atoms with Crippen LogP contribution in [0, 0.1) is 0 Å². The summed E-state index contributed by atoms with van der Waals surface area (Å²) in [4.78, 5) is 12.7. The lowest BCUT2D eigenvalue weighted by atomic mass is 10.1. The molecular formula is C14H15ClN2O2S. The molecule has 4 nitrogen and oxygen atoms in total. The highest BCUT2D eigenvalue weighted by Crippen LogP contribution is 2.27. The lowest BCUT2D eigenvalue weighted by molar-refractivity contribution is -0.120. The summed E-state index contributed by atoms with van der Waals surface area (Å²) >= 11 is 7.70. The Balaban J connectivity index is 2.15. The summed E-state index contributed by atoms with van der Waals surface area (Å²) in [5.41, 5.74) is 6.18. The summed E-state index contributed by atoms with van der Waals surface area (Å²) in [6.45, 7) is 0.578. The Morgan fingerprint density at radius 1 is 1.50 bits per heavy atom. The van der Waals surface area contributed by atoms with Crippen molar-refractivity contribution in [3.05, 3.63) is 51.2 Å². The molecule has 20 heavy (non-hydrogen) atoms. The molecule has 0 radical (unpaired) electrons. The van der Waals surface area contributed by atoms with E-state index in [9.17, 15) is 4.79 Å². The van der Waals surface area contributed by atoms with Crippen LogP contribution in [0.5, 0.6) is 5.75 Å². The number of hydrogen-bond donors (Lipinski definition) is 2. The molecule has 1 aromatic heterocycles. The lowest BCUT2D eigenvalue weighted by Gasteiger charge is -2.16. The summed E-state index contributed by atoms with van der Waals surface area (Å²) in [5, 5.41) is 5.58. The Morgan fingerprint density at radius 2 is 2.30 bits per heavy atom. The maximum atomic E-state index is 11.6. The fourth-order valence-corrected chi connectivity index (χ4v) is 2.78. The van der Waals surface area contributed by atoms with Gasteiger partial charge in [0.25, 0.3) is 0 Å². The number of carbonyl (C=O) groups excluding carboxylic acids is 1. The number of nitrogens with one attached hydrogen (secondary N) is 1. The molecule has 6 heteroatoms. The molecule has 0 saturated heterocycles. The number of benzene rings is 1. The minimum absolute atomic E-state index is 0.442. The van der Waals surface area contributed by atoms with Gasteiger partial charge in [-0.3, -0.25) is 10.1 Å². The molecule has 1 aromatic carbocycles. The van der Waals surface area contributed by atoms with Gasteiger partial charge in [0, 0.05) is 11.4 Å². The Labute approximate surface area is 126 Å². The van der Waals surface area contributed by atoms with Crippen molar-refractivity contribution in [3.63, 3.8) is 0 Å². The minimum Gasteiger partial charge on any atom is -0.495 e. The van der Waals surface area contributed by atoms with Crippen LogP contribution < -0.4 is 15.8 Å². The van der Waals surface area contributed by atoms with Gasteiger partial charge >= 0.3 is 0 Å². The summed E-state index contributed by atoms with van der Waals surface area (Å²) in [6.07, 6.45) is 0. The smallest absolute Gasteiger partial charge is 0.239 e. The maximum Gasteiger partial charge on any atom is 0.239 e. The van der Waals surface area contributed by atoms with E-state index in [2.05, 4.69) is 5.32 Å². The van der Waals surface area contributed by atoms with E-state index in [1.165, 1.54) is 0 Å². The second-order valence-electron chi connectivity index (χ2n) is 4.19. The number of thiophene rings is 1. The van der Waals surface area contributed by atoms with Gasteiger partial charge in [0.15, 0.2) is 0 Å². The highest BCUT2D eigenvalue weighted by atomic mass is 35.5. The SMILES string of the molecule is COc1ccc(C(NCc2cccs2)C(N)=O)cc1Cl. The quantitative estimate of drug-likeness (QED) is 0.862. The van der Waals surface area contributed by atoms with Crippen LogP contribution in [0.1, 0.15) is 16.5 Å². The van der Waals surface area contributed by atoms with Gasteiger partial charge in [-0.1, -0.05) is 23.7 Å². The molecule has 3 N–H and O–H groups in total. The van der Waals surface area contributed by atoms with Crippen molar-refractivity contribution in [3.8, 4) is 5.75 Å². The molecule has 106 valence electrons. The van der Waals surface area contributed by atoms with Crippen molar-refractivity contribution in [2.24, 2.45) is 5.73 Å². The predicted octanol–water partition coefficient (Wildman–Crippen LogP) is 2.73. The highest BCUT2D eigenvalue weighted by Gasteiger charge is 2.18. The number of ether oxygens (including phenoxy) is 1. The molecule has 2 rings (SSSR count). The van der Waals surface area contributed by atoms with E-state index in [-0.39, 0.29) is 0 Å². The van der Waals surface area contributed by atoms with E-state index >= 15 is 0 Å². The van der Waals surface area contributed by atoms with Crippen molar-refractivity contribution >= 4 is 28.8 Å². The van der Waals surface area contributed by atoms with Crippen molar-refractivity contribution < 1.29 is 9.53 Å². The molecule has 0 spiro atoms. The van der Waals surface area contributed by atoms with E-state index < -0.39 is 11.9 Å². The number of rotatable bonds is 6. The number of halogens is 1. The third-order valence-electron chi connectivity index (χ3n) is 2.85. The molecule has 0 bridgehead atoms. The van der Waals surface area contributed by atoms with E-state index in [4.69, 9.17) is 22.1 Å². The number of nitrogens with two attached hydrogens (primary N) is 1. The number of primary amides is 1. The van der Waals surface area contributed by atoms with Crippen LogP contribution in [0.25, 0.3) is 0 Å². The number of amides is 1. The van der Waals surface area contributed by atoms with Gasteiger partial charge in [0.1, 0.15) is 11.8 Å². The first-order valence-corrected chi connectivity index (χ1v) is 7.26. The Hall–Kier alpha value is -1.56. The molecular weight excluding hydrogens is 296 g/mol. The van der Waals surface area contributed by atoms with Crippen LogP contribution >= 0.6 is 22.9 Å². The molecule has 0 aliphatic heterocycles. The first-order valence-electron chi connectivity index (χ1n) is 6.00. The molecule has 1 amide bonds. The zero-order valence-corrected chi connectivity index (χ0v) is 12.5. The van der Waals surface area contributed by atoms with E-state index in [1.807, 2.05) is 17.5 Å². The average Bonchev–Trinajstić information content (AvgIpc) is 2.92.